The first-order valence-electron chi connectivity index (χ1n) is 5.74. The van der Waals surface area contributed by atoms with Crippen molar-refractivity contribution >= 4 is 5.78 Å². The highest BCUT2D eigenvalue weighted by atomic mass is 16.5. The van der Waals surface area contributed by atoms with E-state index >= 15 is 0 Å². The largest absolute Gasteiger partial charge is 0.496 e. The van der Waals surface area contributed by atoms with Crippen LogP contribution in [-0.4, -0.2) is 12.9 Å². The summed E-state index contributed by atoms with van der Waals surface area (Å²) in [5.41, 5.74) is 3.66. The molecule has 2 heteroatoms. The van der Waals surface area contributed by atoms with Crippen LogP contribution in [0.2, 0.25) is 0 Å². The molecule has 88 valence electrons. The van der Waals surface area contributed by atoms with Gasteiger partial charge < -0.3 is 4.74 Å². The van der Waals surface area contributed by atoms with Crippen molar-refractivity contribution in [2.75, 3.05) is 7.11 Å². The lowest BCUT2D eigenvalue weighted by Gasteiger charge is -2.12. The maximum absolute atomic E-state index is 11.3. The minimum Gasteiger partial charge on any atom is -0.496 e. The molecule has 0 saturated carbocycles. The number of ketones is 1. The Morgan fingerprint density at radius 1 is 1.25 bits per heavy atom. The number of hydrogen-bond donors (Lipinski definition) is 0. The zero-order chi connectivity index (χ0) is 12.1. The summed E-state index contributed by atoms with van der Waals surface area (Å²) in [7, 11) is 1.68. The minimum absolute atomic E-state index is 0.327. The molecule has 0 saturated heterocycles. The number of rotatable bonds is 5. The van der Waals surface area contributed by atoms with Crippen LogP contribution in [0.5, 0.6) is 5.75 Å². The quantitative estimate of drug-likeness (QED) is 0.761. The van der Waals surface area contributed by atoms with Gasteiger partial charge in [-0.1, -0.05) is 13.0 Å². The highest BCUT2D eigenvalue weighted by Gasteiger charge is 2.07. The van der Waals surface area contributed by atoms with Gasteiger partial charge in [0.1, 0.15) is 11.5 Å². The summed E-state index contributed by atoms with van der Waals surface area (Å²) >= 11 is 0. The van der Waals surface area contributed by atoms with Crippen molar-refractivity contribution in [1.82, 2.24) is 0 Å². The summed E-state index contributed by atoms with van der Waals surface area (Å²) < 4.78 is 5.26. The lowest BCUT2D eigenvalue weighted by molar-refractivity contribution is -0.118. The van der Waals surface area contributed by atoms with E-state index in [1.165, 1.54) is 16.7 Å². The molecule has 0 radical (unpaired) electrons. The van der Waals surface area contributed by atoms with Gasteiger partial charge in [-0.05, 0) is 43.0 Å². The molecule has 0 aliphatic heterocycles. The Morgan fingerprint density at radius 3 is 2.50 bits per heavy atom. The van der Waals surface area contributed by atoms with Crippen molar-refractivity contribution in [1.29, 1.82) is 0 Å². The SMILES string of the molecule is CCC(=O)CCc1ccc(OC)c(C)c1C. The lowest BCUT2D eigenvalue weighted by Crippen LogP contribution is -2.01. The predicted octanol–water partition coefficient (Wildman–Crippen LogP) is 3.22. The summed E-state index contributed by atoms with van der Waals surface area (Å²) in [4.78, 5) is 11.3. The van der Waals surface area contributed by atoms with Crippen LogP contribution in [0.1, 0.15) is 36.5 Å². The first-order chi connectivity index (χ1) is 7.60. The van der Waals surface area contributed by atoms with Crippen LogP contribution in [0.25, 0.3) is 0 Å². The van der Waals surface area contributed by atoms with E-state index in [4.69, 9.17) is 4.74 Å². The second kappa shape index (κ2) is 5.69. The maximum Gasteiger partial charge on any atom is 0.132 e. The summed E-state index contributed by atoms with van der Waals surface area (Å²) in [6.07, 6.45) is 2.11. The average Bonchev–Trinajstić information content (AvgIpc) is 2.30. The van der Waals surface area contributed by atoms with Crippen LogP contribution in [0.4, 0.5) is 0 Å². The van der Waals surface area contributed by atoms with Crippen LogP contribution >= 0.6 is 0 Å². The molecule has 0 atom stereocenters. The second-order valence-corrected chi connectivity index (χ2v) is 4.07. The summed E-state index contributed by atoms with van der Waals surface area (Å²) in [6.45, 7) is 6.05. The lowest BCUT2D eigenvalue weighted by atomic mass is 9.97. The number of carbonyl (C=O) groups excluding carboxylic acids is 1. The van der Waals surface area contributed by atoms with Gasteiger partial charge in [-0.2, -0.15) is 0 Å². The van der Waals surface area contributed by atoms with Crippen LogP contribution in [-0.2, 0) is 11.2 Å². The van der Waals surface area contributed by atoms with E-state index in [0.717, 1.165) is 12.2 Å². The summed E-state index contributed by atoms with van der Waals surface area (Å²) in [5, 5.41) is 0. The zero-order valence-corrected chi connectivity index (χ0v) is 10.6. The Morgan fingerprint density at radius 2 is 1.94 bits per heavy atom. The molecule has 0 aliphatic rings. The van der Waals surface area contributed by atoms with Gasteiger partial charge in [-0.15, -0.1) is 0 Å². The topological polar surface area (TPSA) is 26.3 Å². The molecule has 2 nitrogen and oxygen atoms in total. The van der Waals surface area contributed by atoms with E-state index in [9.17, 15) is 4.79 Å². The molecular formula is C14H20O2. The van der Waals surface area contributed by atoms with E-state index in [2.05, 4.69) is 19.9 Å². The minimum atomic E-state index is 0.327. The van der Waals surface area contributed by atoms with Gasteiger partial charge in [-0.25, -0.2) is 0 Å². The Hall–Kier alpha value is -1.31. The molecule has 0 spiro atoms. The van der Waals surface area contributed by atoms with Gasteiger partial charge in [0.2, 0.25) is 0 Å². The molecule has 0 N–H and O–H groups in total. The standard InChI is InChI=1S/C14H20O2/c1-5-13(15)8-6-12-7-9-14(16-4)11(3)10(12)2/h7,9H,5-6,8H2,1-4H3. The Bertz CT molecular complexity index is 381. The number of Topliss-reactive ketones (excluding diaryl/α,β-unsaturated/α-hetero) is 1. The number of carbonyl (C=O) groups is 1. The van der Waals surface area contributed by atoms with Crippen LogP contribution in [0.15, 0.2) is 12.1 Å². The molecule has 1 rings (SSSR count). The molecule has 0 fully saturated rings. The van der Waals surface area contributed by atoms with Gasteiger partial charge in [-0.3, -0.25) is 4.79 Å². The highest BCUT2D eigenvalue weighted by Crippen LogP contribution is 2.24. The molecular weight excluding hydrogens is 200 g/mol. The summed E-state index contributed by atoms with van der Waals surface area (Å²) in [5.74, 6) is 1.25. The molecule has 1 aromatic rings. The molecule has 0 unspecified atom stereocenters. The highest BCUT2D eigenvalue weighted by molar-refractivity contribution is 5.78. The smallest absolute Gasteiger partial charge is 0.132 e. The first-order valence-corrected chi connectivity index (χ1v) is 5.74. The van der Waals surface area contributed by atoms with Crippen molar-refractivity contribution in [2.45, 2.75) is 40.0 Å². The van der Waals surface area contributed by atoms with Gasteiger partial charge >= 0.3 is 0 Å². The van der Waals surface area contributed by atoms with Crippen molar-refractivity contribution in [3.05, 3.63) is 28.8 Å². The fraction of sp³-hybridized carbons (Fsp3) is 0.500. The van der Waals surface area contributed by atoms with Crippen molar-refractivity contribution < 1.29 is 9.53 Å². The van der Waals surface area contributed by atoms with Gasteiger partial charge in [0.05, 0.1) is 7.11 Å². The van der Waals surface area contributed by atoms with Gasteiger partial charge in [0, 0.05) is 12.8 Å². The second-order valence-electron chi connectivity index (χ2n) is 4.07. The van der Waals surface area contributed by atoms with E-state index in [1.807, 2.05) is 13.0 Å². The summed E-state index contributed by atoms with van der Waals surface area (Å²) in [6, 6.07) is 4.04. The number of aryl methyl sites for hydroxylation is 1. The third-order valence-electron chi connectivity index (χ3n) is 3.14. The first kappa shape index (κ1) is 12.8. The van der Waals surface area contributed by atoms with Gasteiger partial charge in [0.25, 0.3) is 0 Å². The van der Waals surface area contributed by atoms with E-state index in [1.54, 1.807) is 7.11 Å². The normalized spacial score (nSPS) is 10.2. The molecule has 0 bridgehead atoms. The number of methoxy groups -OCH3 is 1. The third kappa shape index (κ3) is 2.84. The molecule has 1 aromatic carbocycles. The molecule has 16 heavy (non-hydrogen) atoms. The fourth-order valence-electron chi connectivity index (χ4n) is 1.79. The fourth-order valence-corrected chi connectivity index (χ4v) is 1.79. The number of benzene rings is 1. The Labute approximate surface area is 97.6 Å². The van der Waals surface area contributed by atoms with Crippen molar-refractivity contribution in [3.8, 4) is 5.75 Å². The van der Waals surface area contributed by atoms with E-state index in [-0.39, 0.29) is 0 Å². The third-order valence-corrected chi connectivity index (χ3v) is 3.14. The van der Waals surface area contributed by atoms with Crippen LogP contribution in [0, 0.1) is 13.8 Å². The predicted molar refractivity (Wildman–Crippen MR) is 66.1 cm³/mol. The molecule has 0 aliphatic carbocycles. The molecule has 0 aromatic heterocycles. The van der Waals surface area contributed by atoms with Crippen molar-refractivity contribution in [3.63, 3.8) is 0 Å². The monoisotopic (exact) mass is 220 g/mol. The Balaban J connectivity index is 2.82. The van der Waals surface area contributed by atoms with Crippen LogP contribution in [0.3, 0.4) is 0 Å². The Kier molecular flexibility index (Phi) is 4.53. The molecule has 0 heterocycles. The number of hydrogen-bond acceptors (Lipinski definition) is 2. The zero-order valence-electron chi connectivity index (χ0n) is 10.6. The number of ether oxygens (including phenoxy) is 1. The van der Waals surface area contributed by atoms with E-state index < -0.39 is 0 Å². The maximum atomic E-state index is 11.3. The average molecular weight is 220 g/mol. The van der Waals surface area contributed by atoms with Gasteiger partial charge in [0.15, 0.2) is 0 Å². The van der Waals surface area contributed by atoms with Crippen LogP contribution < -0.4 is 4.74 Å². The van der Waals surface area contributed by atoms with E-state index in [0.29, 0.717) is 18.6 Å². The molecule has 0 amide bonds. The van der Waals surface area contributed by atoms with Crippen molar-refractivity contribution in [2.24, 2.45) is 0 Å².